The number of benzene rings is 5. The molecule has 0 aliphatic carbocycles. The van der Waals surface area contributed by atoms with Crippen molar-refractivity contribution >= 4 is 53.1 Å². The minimum absolute atomic E-state index is 1.28. The molecule has 5 aromatic carbocycles. The van der Waals surface area contributed by atoms with E-state index in [-0.39, 0.29) is 0 Å². The lowest BCUT2D eigenvalue weighted by atomic mass is 9.99. The lowest BCUT2D eigenvalue weighted by Gasteiger charge is -2.06. The number of aryl methyl sites for hydroxylation is 2. The molecule has 0 saturated carbocycles. The molecule has 0 aliphatic rings. The van der Waals surface area contributed by atoms with Crippen LogP contribution in [0, 0.1) is 13.8 Å². The second kappa shape index (κ2) is 6.17. The Morgan fingerprint density at radius 1 is 0.448 bits per heavy atom. The normalized spacial score (nSPS) is 11.8. The summed E-state index contributed by atoms with van der Waals surface area (Å²) in [7, 11) is 0. The van der Waals surface area contributed by atoms with Gasteiger partial charge in [-0.3, -0.25) is 0 Å². The Hall–Kier alpha value is -3.16. The number of hydrogen-bond donors (Lipinski definition) is 0. The van der Waals surface area contributed by atoms with Crippen LogP contribution in [0.4, 0.5) is 0 Å². The van der Waals surface area contributed by atoms with Gasteiger partial charge in [-0.1, -0.05) is 71.8 Å². The topological polar surface area (TPSA) is 0 Å². The van der Waals surface area contributed by atoms with Gasteiger partial charge in [-0.2, -0.15) is 0 Å². The van der Waals surface area contributed by atoms with E-state index in [9.17, 15) is 0 Å². The maximum absolute atomic E-state index is 2.36. The summed E-state index contributed by atoms with van der Waals surface area (Å²) >= 11 is 1.90. The molecule has 1 heteroatoms. The summed E-state index contributed by atoms with van der Waals surface area (Å²) in [4.78, 5) is 0. The van der Waals surface area contributed by atoms with Gasteiger partial charge in [-0.15, -0.1) is 11.3 Å². The Bertz CT molecular complexity index is 1570. The highest BCUT2D eigenvalue weighted by atomic mass is 32.1. The molecule has 0 radical (unpaired) electrons. The average Bonchev–Trinajstić information content (AvgIpc) is 3.08. The van der Waals surface area contributed by atoms with Crippen LogP contribution in [-0.2, 0) is 0 Å². The molecule has 0 nitrogen and oxygen atoms in total. The molecule has 29 heavy (non-hydrogen) atoms. The molecule has 0 spiro atoms. The largest absolute Gasteiger partial charge is 0.135 e. The summed E-state index contributed by atoms with van der Waals surface area (Å²) in [6.07, 6.45) is 0. The zero-order valence-electron chi connectivity index (χ0n) is 16.5. The van der Waals surface area contributed by atoms with Crippen LogP contribution in [0.15, 0.2) is 84.9 Å². The van der Waals surface area contributed by atoms with Crippen molar-refractivity contribution in [1.29, 1.82) is 0 Å². The van der Waals surface area contributed by atoms with Crippen molar-refractivity contribution in [2.75, 3.05) is 0 Å². The van der Waals surface area contributed by atoms with Gasteiger partial charge < -0.3 is 0 Å². The first-order valence-electron chi connectivity index (χ1n) is 10.0. The highest BCUT2D eigenvalue weighted by Gasteiger charge is 2.09. The fourth-order valence-corrected chi connectivity index (χ4v) is 5.54. The first kappa shape index (κ1) is 16.8. The zero-order chi connectivity index (χ0) is 19.5. The van der Waals surface area contributed by atoms with Gasteiger partial charge in [-0.05, 0) is 70.8 Å². The molecule has 0 bridgehead atoms. The second-order valence-corrected chi connectivity index (χ2v) is 9.16. The van der Waals surface area contributed by atoms with Crippen LogP contribution in [0.3, 0.4) is 0 Å². The summed E-state index contributed by atoms with van der Waals surface area (Å²) in [6.45, 7) is 4.31. The monoisotopic (exact) mass is 388 g/mol. The van der Waals surface area contributed by atoms with Crippen LogP contribution in [0.1, 0.15) is 11.1 Å². The Balaban J connectivity index is 1.55. The van der Waals surface area contributed by atoms with E-state index in [2.05, 4.69) is 98.8 Å². The predicted molar refractivity (Wildman–Crippen MR) is 129 cm³/mol. The van der Waals surface area contributed by atoms with Crippen LogP contribution < -0.4 is 0 Å². The summed E-state index contributed by atoms with van der Waals surface area (Å²) in [6, 6.07) is 31.8. The standard InChI is InChI=1S/C28H20S/c1-17-3-5-19-7-8-20(13-23(19)11-17)21-9-10-25-26-14-24-12-18(2)4-6-22(24)16-28(26)29-27(25)15-21/h3-16H,1-2H3. The van der Waals surface area contributed by atoms with E-state index in [0.29, 0.717) is 0 Å². The van der Waals surface area contributed by atoms with Crippen LogP contribution in [0.5, 0.6) is 0 Å². The van der Waals surface area contributed by atoms with Crippen molar-refractivity contribution in [3.8, 4) is 11.1 Å². The Morgan fingerprint density at radius 2 is 1.07 bits per heavy atom. The molecule has 0 amide bonds. The SMILES string of the molecule is Cc1ccc2ccc(-c3ccc4c(c3)sc3cc5ccc(C)cc5cc34)cc2c1. The molecule has 0 aliphatic heterocycles. The van der Waals surface area contributed by atoms with E-state index in [4.69, 9.17) is 0 Å². The molecule has 1 aromatic heterocycles. The Morgan fingerprint density at radius 3 is 1.90 bits per heavy atom. The number of thiophene rings is 1. The molecule has 1 heterocycles. The quantitative estimate of drug-likeness (QED) is 0.264. The van der Waals surface area contributed by atoms with E-state index in [1.54, 1.807) is 0 Å². The predicted octanol–water partition coefficient (Wildman–Crippen LogP) is 8.64. The summed E-state index contributed by atoms with van der Waals surface area (Å²) < 4.78 is 2.72. The Labute approximate surface area is 174 Å². The number of fused-ring (bicyclic) bond motifs is 5. The van der Waals surface area contributed by atoms with Crippen molar-refractivity contribution in [3.63, 3.8) is 0 Å². The summed E-state index contributed by atoms with van der Waals surface area (Å²) in [5, 5.41) is 7.97. The van der Waals surface area contributed by atoms with Gasteiger partial charge in [0.15, 0.2) is 0 Å². The van der Waals surface area contributed by atoms with Crippen molar-refractivity contribution in [1.82, 2.24) is 0 Å². The van der Waals surface area contributed by atoms with Crippen molar-refractivity contribution in [3.05, 3.63) is 96.1 Å². The minimum atomic E-state index is 1.28. The van der Waals surface area contributed by atoms with Gasteiger partial charge in [0.25, 0.3) is 0 Å². The van der Waals surface area contributed by atoms with Gasteiger partial charge in [0, 0.05) is 20.2 Å². The lowest BCUT2D eigenvalue weighted by Crippen LogP contribution is -1.80. The van der Waals surface area contributed by atoms with E-state index in [0.717, 1.165) is 0 Å². The number of rotatable bonds is 1. The molecule has 6 rings (SSSR count). The molecule has 0 saturated heterocycles. The fraction of sp³-hybridized carbons (Fsp3) is 0.0714. The van der Waals surface area contributed by atoms with E-state index in [1.807, 2.05) is 11.3 Å². The third-order valence-corrected chi connectivity index (χ3v) is 7.03. The van der Waals surface area contributed by atoms with Gasteiger partial charge >= 0.3 is 0 Å². The Kier molecular flexibility index (Phi) is 3.57. The van der Waals surface area contributed by atoms with Gasteiger partial charge in [0.2, 0.25) is 0 Å². The van der Waals surface area contributed by atoms with E-state index < -0.39 is 0 Å². The van der Waals surface area contributed by atoms with Crippen LogP contribution >= 0.6 is 11.3 Å². The maximum Gasteiger partial charge on any atom is 0.0361 e. The van der Waals surface area contributed by atoms with Crippen molar-refractivity contribution < 1.29 is 0 Å². The van der Waals surface area contributed by atoms with Crippen LogP contribution in [0.25, 0.3) is 52.8 Å². The molecule has 0 fully saturated rings. The first-order chi connectivity index (χ1) is 14.1. The highest BCUT2D eigenvalue weighted by molar-refractivity contribution is 7.25. The third-order valence-electron chi connectivity index (χ3n) is 5.91. The zero-order valence-corrected chi connectivity index (χ0v) is 17.3. The molecule has 6 aromatic rings. The van der Waals surface area contributed by atoms with Gasteiger partial charge in [-0.25, -0.2) is 0 Å². The fourth-order valence-electron chi connectivity index (χ4n) is 4.36. The smallest absolute Gasteiger partial charge is 0.0361 e. The first-order valence-corrected chi connectivity index (χ1v) is 10.8. The molecule has 0 N–H and O–H groups in total. The van der Waals surface area contributed by atoms with Gasteiger partial charge in [0.1, 0.15) is 0 Å². The minimum Gasteiger partial charge on any atom is -0.135 e. The molecule has 0 unspecified atom stereocenters. The lowest BCUT2D eigenvalue weighted by molar-refractivity contribution is 1.50. The number of hydrogen-bond acceptors (Lipinski definition) is 1. The van der Waals surface area contributed by atoms with Crippen LogP contribution in [-0.4, -0.2) is 0 Å². The van der Waals surface area contributed by atoms with Crippen molar-refractivity contribution in [2.24, 2.45) is 0 Å². The molecular weight excluding hydrogens is 368 g/mol. The molecule has 0 atom stereocenters. The highest BCUT2D eigenvalue weighted by Crippen LogP contribution is 2.39. The second-order valence-electron chi connectivity index (χ2n) is 8.08. The molecule has 138 valence electrons. The van der Waals surface area contributed by atoms with E-state index in [1.165, 1.54) is 64.0 Å². The summed E-state index contributed by atoms with van der Waals surface area (Å²) in [5.74, 6) is 0. The van der Waals surface area contributed by atoms with E-state index >= 15 is 0 Å². The van der Waals surface area contributed by atoms with Gasteiger partial charge in [0.05, 0.1) is 0 Å². The average molecular weight is 389 g/mol. The molecular formula is C28H20S. The third kappa shape index (κ3) is 2.73. The van der Waals surface area contributed by atoms with Crippen LogP contribution in [0.2, 0.25) is 0 Å². The maximum atomic E-state index is 2.36. The van der Waals surface area contributed by atoms with Crippen molar-refractivity contribution in [2.45, 2.75) is 13.8 Å². The summed E-state index contributed by atoms with van der Waals surface area (Å²) in [5.41, 5.74) is 5.18.